The van der Waals surface area contributed by atoms with Gasteiger partial charge in [0.05, 0.1) is 12.6 Å². The van der Waals surface area contributed by atoms with Gasteiger partial charge in [0.25, 0.3) is 0 Å². The molecule has 23 heavy (non-hydrogen) atoms. The highest BCUT2D eigenvalue weighted by Gasteiger charge is 2.35. The van der Waals surface area contributed by atoms with Crippen molar-refractivity contribution in [2.24, 2.45) is 5.41 Å². The Morgan fingerprint density at radius 2 is 2.13 bits per heavy atom. The number of ether oxygens (including phenoxy) is 1. The van der Waals surface area contributed by atoms with Crippen LogP contribution in [-0.2, 0) is 4.74 Å². The fourth-order valence-corrected chi connectivity index (χ4v) is 3.70. The molecule has 122 valence electrons. The summed E-state index contributed by atoms with van der Waals surface area (Å²) in [7, 11) is 0. The molecule has 0 radical (unpaired) electrons. The van der Waals surface area contributed by atoms with Crippen molar-refractivity contribution in [2.75, 3.05) is 18.1 Å². The number of hydrogen-bond donors (Lipinski definition) is 0. The summed E-state index contributed by atoms with van der Waals surface area (Å²) >= 11 is 7.92. The summed E-state index contributed by atoms with van der Waals surface area (Å²) in [6.45, 7) is 4.45. The molecule has 1 aliphatic heterocycles. The summed E-state index contributed by atoms with van der Waals surface area (Å²) in [5.41, 5.74) is 1.29. The average Bonchev–Trinajstić information content (AvgIpc) is 2.92. The van der Waals surface area contributed by atoms with E-state index in [-0.39, 0.29) is 22.3 Å². The van der Waals surface area contributed by atoms with Crippen molar-refractivity contribution >= 4 is 29.3 Å². The number of esters is 1. The van der Waals surface area contributed by atoms with Gasteiger partial charge in [-0.3, -0.25) is 0 Å². The van der Waals surface area contributed by atoms with Crippen molar-refractivity contribution in [1.29, 1.82) is 0 Å². The molecule has 0 bridgehead atoms. The molecular formula is C16H18ClN3O2S. The molecular weight excluding hydrogens is 334 g/mol. The lowest BCUT2D eigenvalue weighted by Gasteiger charge is -2.36. The summed E-state index contributed by atoms with van der Waals surface area (Å²) in [6.07, 6.45) is 0. The number of nitrogens with zero attached hydrogens (tertiary/aromatic N) is 3. The zero-order chi connectivity index (χ0) is 16.4. The third-order valence-corrected chi connectivity index (χ3v) is 6.01. The summed E-state index contributed by atoms with van der Waals surface area (Å²) in [5.74, 6) is 1.54. The average molecular weight is 352 g/mol. The molecule has 0 amide bonds. The lowest BCUT2D eigenvalue weighted by molar-refractivity contribution is 0.0350. The van der Waals surface area contributed by atoms with E-state index in [1.54, 1.807) is 0 Å². The Morgan fingerprint density at radius 1 is 1.43 bits per heavy atom. The number of carbonyl (C=O) groups excluding carboxylic acids is 1. The minimum absolute atomic E-state index is 0.0656. The van der Waals surface area contributed by atoms with Crippen LogP contribution in [0.25, 0.3) is 0 Å². The maximum Gasteiger partial charge on any atom is 0.359 e. The molecule has 2 aromatic rings. The largest absolute Gasteiger partial charge is 0.460 e. The van der Waals surface area contributed by atoms with Crippen LogP contribution in [0.1, 0.15) is 35.9 Å². The van der Waals surface area contributed by atoms with Crippen molar-refractivity contribution in [3.8, 4) is 0 Å². The van der Waals surface area contributed by atoms with Gasteiger partial charge in [-0.25, -0.2) is 9.48 Å². The van der Waals surface area contributed by atoms with Crippen molar-refractivity contribution in [1.82, 2.24) is 15.0 Å². The third kappa shape index (κ3) is 3.38. The SMILES string of the molecule is C[C@H](c1ccccc1)n1nnc(Cl)c1C(=O)OCC1(C)CSC1. The zero-order valence-corrected chi connectivity index (χ0v) is 14.6. The predicted octanol–water partition coefficient (Wildman–Crippen LogP) is 3.45. The Labute approximate surface area is 144 Å². The van der Waals surface area contributed by atoms with E-state index in [1.165, 1.54) is 4.68 Å². The predicted molar refractivity (Wildman–Crippen MR) is 91.0 cm³/mol. The van der Waals surface area contributed by atoms with E-state index in [4.69, 9.17) is 16.3 Å². The van der Waals surface area contributed by atoms with Gasteiger partial charge in [0.1, 0.15) is 0 Å². The fourth-order valence-electron chi connectivity index (χ4n) is 2.44. The lowest BCUT2D eigenvalue weighted by atomic mass is 9.96. The van der Waals surface area contributed by atoms with Gasteiger partial charge in [-0.15, -0.1) is 5.10 Å². The Kier molecular flexibility index (Phi) is 4.64. The Bertz CT molecular complexity index is 701. The number of benzene rings is 1. The van der Waals surface area contributed by atoms with Crippen LogP contribution in [0.15, 0.2) is 30.3 Å². The number of halogens is 1. The second-order valence-electron chi connectivity index (χ2n) is 6.14. The van der Waals surface area contributed by atoms with E-state index < -0.39 is 5.97 Å². The van der Waals surface area contributed by atoms with Crippen LogP contribution in [0.2, 0.25) is 5.15 Å². The van der Waals surface area contributed by atoms with Crippen LogP contribution in [0.4, 0.5) is 0 Å². The highest BCUT2D eigenvalue weighted by atomic mass is 35.5. The van der Waals surface area contributed by atoms with Crippen LogP contribution >= 0.6 is 23.4 Å². The monoisotopic (exact) mass is 351 g/mol. The van der Waals surface area contributed by atoms with E-state index >= 15 is 0 Å². The molecule has 1 fully saturated rings. The van der Waals surface area contributed by atoms with Gasteiger partial charge in [0, 0.05) is 16.9 Å². The van der Waals surface area contributed by atoms with Gasteiger partial charge in [0.15, 0.2) is 10.8 Å². The number of thioether (sulfide) groups is 1. The van der Waals surface area contributed by atoms with Gasteiger partial charge in [-0.2, -0.15) is 11.8 Å². The molecule has 1 saturated heterocycles. The summed E-state index contributed by atoms with van der Waals surface area (Å²) in [6, 6.07) is 9.62. The molecule has 0 spiro atoms. The molecule has 5 nitrogen and oxygen atoms in total. The summed E-state index contributed by atoms with van der Waals surface area (Å²) in [4.78, 5) is 12.5. The van der Waals surface area contributed by atoms with Gasteiger partial charge < -0.3 is 4.74 Å². The van der Waals surface area contributed by atoms with Gasteiger partial charge in [-0.05, 0) is 12.5 Å². The number of rotatable bonds is 5. The first-order chi connectivity index (χ1) is 11.0. The van der Waals surface area contributed by atoms with E-state index in [9.17, 15) is 4.79 Å². The van der Waals surface area contributed by atoms with Crippen LogP contribution in [0, 0.1) is 5.41 Å². The van der Waals surface area contributed by atoms with Crippen LogP contribution in [-0.4, -0.2) is 39.1 Å². The molecule has 7 heteroatoms. The first-order valence-corrected chi connectivity index (χ1v) is 8.94. The van der Waals surface area contributed by atoms with E-state index in [0.717, 1.165) is 17.1 Å². The molecule has 0 N–H and O–H groups in total. The molecule has 1 aromatic heterocycles. The van der Waals surface area contributed by atoms with E-state index in [1.807, 2.05) is 49.0 Å². The normalized spacial score (nSPS) is 17.3. The van der Waals surface area contributed by atoms with Crippen molar-refractivity contribution in [3.63, 3.8) is 0 Å². The Hall–Kier alpha value is -1.53. The van der Waals surface area contributed by atoms with Crippen molar-refractivity contribution in [2.45, 2.75) is 19.9 Å². The minimum Gasteiger partial charge on any atom is -0.460 e. The standard InChI is InChI=1S/C16H18ClN3O2S/c1-11(12-6-4-3-5-7-12)20-13(14(17)18-19-20)15(21)22-8-16(2)9-23-10-16/h3-7,11H,8-10H2,1-2H3/t11-/m1/s1. The third-order valence-electron chi connectivity index (χ3n) is 3.95. The minimum atomic E-state index is -0.471. The van der Waals surface area contributed by atoms with E-state index in [0.29, 0.717) is 6.61 Å². The highest BCUT2D eigenvalue weighted by molar-refractivity contribution is 8.00. The first-order valence-electron chi connectivity index (χ1n) is 7.41. The van der Waals surface area contributed by atoms with Gasteiger partial charge in [0.2, 0.25) is 0 Å². The quantitative estimate of drug-likeness (QED) is 0.772. The number of aromatic nitrogens is 3. The molecule has 3 rings (SSSR count). The summed E-state index contributed by atoms with van der Waals surface area (Å²) in [5, 5.41) is 7.93. The Morgan fingerprint density at radius 3 is 2.74 bits per heavy atom. The Balaban J connectivity index is 1.79. The zero-order valence-electron chi connectivity index (χ0n) is 13.0. The van der Waals surface area contributed by atoms with Gasteiger partial charge in [-0.1, -0.05) is 54.1 Å². The number of hydrogen-bond acceptors (Lipinski definition) is 5. The second kappa shape index (κ2) is 6.53. The first kappa shape index (κ1) is 16.3. The molecule has 0 aliphatic carbocycles. The summed E-state index contributed by atoms with van der Waals surface area (Å²) < 4.78 is 6.99. The van der Waals surface area contributed by atoms with Gasteiger partial charge >= 0.3 is 5.97 Å². The molecule has 2 heterocycles. The highest BCUT2D eigenvalue weighted by Crippen LogP contribution is 2.37. The second-order valence-corrected chi connectivity index (χ2v) is 7.48. The molecule has 0 unspecified atom stereocenters. The molecule has 1 atom stereocenters. The maximum absolute atomic E-state index is 12.5. The maximum atomic E-state index is 12.5. The lowest BCUT2D eigenvalue weighted by Crippen LogP contribution is -2.38. The van der Waals surface area contributed by atoms with Crippen LogP contribution in [0.5, 0.6) is 0 Å². The molecule has 0 saturated carbocycles. The topological polar surface area (TPSA) is 57.0 Å². The van der Waals surface area contributed by atoms with Crippen LogP contribution in [0.3, 0.4) is 0 Å². The fraction of sp³-hybridized carbons (Fsp3) is 0.438. The van der Waals surface area contributed by atoms with E-state index in [2.05, 4.69) is 17.2 Å². The smallest absolute Gasteiger partial charge is 0.359 e. The van der Waals surface area contributed by atoms with Crippen LogP contribution < -0.4 is 0 Å². The molecule has 1 aromatic carbocycles. The molecule has 1 aliphatic rings. The number of carbonyl (C=O) groups is 1. The van der Waals surface area contributed by atoms with Crippen molar-refractivity contribution in [3.05, 3.63) is 46.7 Å². The van der Waals surface area contributed by atoms with Crippen molar-refractivity contribution < 1.29 is 9.53 Å².